The summed E-state index contributed by atoms with van der Waals surface area (Å²) in [6, 6.07) is 6.90. The van der Waals surface area contributed by atoms with Crippen molar-refractivity contribution in [2.75, 3.05) is 33.4 Å². The highest BCUT2D eigenvalue weighted by atomic mass is 33.1. The zero-order valence-electron chi connectivity index (χ0n) is 11.6. The summed E-state index contributed by atoms with van der Waals surface area (Å²) in [7, 11) is -0.813. The van der Waals surface area contributed by atoms with E-state index in [2.05, 4.69) is 0 Å². The van der Waals surface area contributed by atoms with Gasteiger partial charge in [0.1, 0.15) is 0 Å². The molecule has 0 spiro atoms. The molecule has 0 unspecified atom stereocenters. The van der Waals surface area contributed by atoms with E-state index in [1.54, 1.807) is 35.7 Å². The van der Waals surface area contributed by atoms with Gasteiger partial charge < -0.3 is 9.47 Å². The monoisotopic (exact) mass is 317 g/mol. The summed E-state index contributed by atoms with van der Waals surface area (Å²) >= 11 is 0. The van der Waals surface area contributed by atoms with Crippen molar-refractivity contribution in [3.8, 4) is 0 Å². The minimum atomic E-state index is -3.32. The number of hydrogen-bond acceptors (Lipinski definition) is 6. The minimum Gasteiger partial charge on any atom is -0.382 e. The normalized spacial score (nSPS) is 17.1. The SMILES string of the molecule is COCCOC1CN(SS(=O)(=O)c2ccc(C)cc2)C1. The van der Waals surface area contributed by atoms with E-state index in [4.69, 9.17) is 9.47 Å². The second-order valence-electron chi connectivity index (χ2n) is 4.67. The largest absolute Gasteiger partial charge is 0.382 e. The first-order valence-electron chi connectivity index (χ1n) is 6.38. The summed E-state index contributed by atoms with van der Waals surface area (Å²) in [5, 5.41) is 0. The Kier molecular flexibility index (Phi) is 5.45. The van der Waals surface area contributed by atoms with Crippen LogP contribution in [0.25, 0.3) is 0 Å². The van der Waals surface area contributed by atoms with Gasteiger partial charge in [0.2, 0.25) is 8.87 Å². The van der Waals surface area contributed by atoms with Gasteiger partial charge in [-0.2, -0.15) is 0 Å². The van der Waals surface area contributed by atoms with Crippen molar-refractivity contribution in [1.29, 1.82) is 0 Å². The van der Waals surface area contributed by atoms with E-state index in [9.17, 15) is 8.42 Å². The van der Waals surface area contributed by atoms with Crippen LogP contribution in [0, 0.1) is 6.92 Å². The predicted molar refractivity (Wildman–Crippen MR) is 79.1 cm³/mol. The molecule has 0 radical (unpaired) electrons. The number of rotatable bonds is 7. The molecule has 2 rings (SSSR count). The Morgan fingerprint density at radius 2 is 1.90 bits per heavy atom. The first kappa shape index (κ1) is 15.8. The molecule has 0 bridgehead atoms. The first-order chi connectivity index (χ1) is 9.51. The van der Waals surface area contributed by atoms with Crippen LogP contribution in [0.1, 0.15) is 5.56 Å². The van der Waals surface area contributed by atoms with E-state index in [1.807, 2.05) is 6.92 Å². The topological polar surface area (TPSA) is 55.8 Å². The molecule has 1 aromatic rings. The Labute approximate surface area is 123 Å². The minimum absolute atomic E-state index is 0.103. The van der Waals surface area contributed by atoms with E-state index < -0.39 is 8.87 Å². The highest BCUT2D eigenvalue weighted by Gasteiger charge is 2.32. The van der Waals surface area contributed by atoms with Crippen LogP contribution in [0.4, 0.5) is 0 Å². The molecule has 1 aromatic carbocycles. The van der Waals surface area contributed by atoms with Crippen molar-refractivity contribution < 1.29 is 17.9 Å². The van der Waals surface area contributed by atoms with Gasteiger partial charge in [-0.25, -0.2) is 12.7 Å². The van der Waals surface area contributed by atoms with Crippen molar-refractivity contribution in [1.82, 2.24) is 4.31 Å². The van der Waals surface area contributed by atoms with Crippen molar-refractivity contribution in [2.45, 2.75) is 17.9 Å². The summed E-state index contributed by atoms with van der Waals surface area (Å²) in [5.41, 5.74) is 1.05. The molecule has 1 fully saturated rings. The predicted octanol–water partition coefficient (Wildman–Crippen LogP) is 1.68. The molecule has 7 heteroatoms. The van der Waals surface area contributed by atoms with Gasteiger partial charge in [0.05, 0.1) is 35.2 Å². The lowest BCUT2D eigenvalue weighted by Crippen LogP contribution is -2.49. The zero-order chi connectivity index (χ0) is 14.6. The van der Waals surface area contributed by atoms with Gasteiger partial charge in [-0.05, 0) is 19.1 Å². The Balaban J connectivity index is 1.81. The van der Waals surface area contributed by atoms with Crippen LogP contribution in [0.2, 0.25) is 0 Å². The summed E-state index contributed by atoms with van der Waals surface area (Å²) in [6.07, 6.45) is 0.103. The molecule has 0 aliphatic carbocycles. The maximum absolute atomic E-state index is 12.2. The van der Waals surface area contributed by atoms with E-state index in [0.717, 1.165) is 16.5 Å². The van der Waals surface area contributed by atoms with Crippen LogP contribution in [0.3, 0.4) is 0 Å². The van der Waals surface area contributed by atoms with Crippen LogP contribution in [0.5, 0.6) is 0 Å². The summed E-state index contributed by atoms with van der Waals surface area (Å²) in [4.78, 5) is 0.344. The third-order valence-corrected chi connectivity index (χ3v) is 6.32. The van der Waals surface area contributed by atoms with E-state index in [1.165, 1.54) is 0 Å². The fourth-order valence-electron chi connectivity index (χ4n) is 1.75. The smallest absolute Gasteiger partial charge is 0.244 e. The van der Waals surface area contributed by atoms with Crippen LogP contribution < -0.4 is 0 Å². The second-order valence-corrected chi connectivity index (χ2v) is 8.48. The third kappa shape index (κ3) is 4.20. The average Bonchev–Trinajstić information content (AvgIpc) is 2.36. The maximum atomic E-state index is 12.2. The average molecular weight is 317 g/mol. The van der Waals surface area contributed by atoms with E-state index in [-0.39, 0.29) is 6.10 Å². The van der Waals surface area contributed by atoms with Gasteiger partial charge >= 0.3 is 0 Å². The maximum Gasteiger partial charge on any atom is 0.244 e. The Bertz CT molecular complexity index is 524. The molecule has 1 heterocycles. The Morgan fingerprint density at radius 1 is 1.25 bits per heavy atom. The van der Waals surface area contributed by atoms with Crippen molar-refractivity contribution in [3.05, 3.63) is 29.8 Å². The molecule has 0 saturated carbocycles. The number of methoxy groups -OCH3 is 1. The molecular formula is C13H19NO4S2. The number of benzene rings is 1. The molecule has 0 amide bonds. The van der Waals surface area contributed by atoms with Gasteiger partial charge in [0.15, 0.2) is 0 Å². The van der Waals surface area contributed by atoms with Gasteiger partial charge in [0.25, 0.3) is 0 Å². The van der Waals surface area contributed by atoms with Crippen LogP contribution in [-0.2, 0) is 18.3 Å². The number of aryl methyl sites for hydroxylation is 1. The molecule has 0 N–H and O–H groups in total. The molecule has 1 saturated heterocycles. The summed E-state index contributed by atoms with van der Waals surface area (Å²) < 4.78 is 36.6. The van der Waals surface area contributed by atoms with Gasteiger partial charge in [-0.1, -0.05) is 17.7 Å². The fourth-order valence-corrected chi connectivity index (χ4v) is 4.83. The molecule has 112 valence electrons. The Hall–Kier alpha value is -0.600. The van der Waals surface area contributed by atoms with Gasteiger partial charge in [-0.15, -0.1) is 0 Å². The van der Waals surface area contributed by atoms with Crippen LogP contribution in [-0.4, -0.2) is 52.2 Å². The quantitative estimate of drug-likeness (QED) is 0.433. The van der Waals surface area contributed by atoms with E-state index in [0.29, 0.717) is 31.2 Å². The van der Waals surface area contributed by atoms with E-state index >= 15 is 0 Å². The second kappa shape index (κ2) is 6.91. The number of hydrogen-bond donors (Lipinski definition) is 0. The fraction of sp³-hybridized carbons (Fsp3) is 0.538. The molecule has 0 aromatic heterocycles. The molecule has 1 aliphatic heterocycles. The van der Waals surface area contributed by atoms with Crippen LogP contribution >= 0.6 is 11.0 Å². The summed E-state index contributed by atoms with van der Waals surface area (Å²) in [6.45, 7) is 4.29. The molecular weight excluding hydrogens is 298 g/mol. The Morgan fingerprint density at radius 3 is 2.50 bits per heavy atom. The lowest BCUT2D eigenvalue weighted by Gasteiger charge is -2.36. The van der Waals surface area contributed by atoms with Gasteiger partial charge in [0, 0.05) is 20.2 Å². The lowest BCUT2D eigenvalue weighted by atomic mass is 10.2. The van der Waals surface area contributed by atoms with Crippen molar-refractivity contribution in [2.24, 2.45) is 0 Å². The first-order valence-corrected chi connectivity index (χ1v) is 9.15. The van der Waals surface area contributed by atoms with Gasteiger partial charge in [-0.3, -0.25) is 0 Å². The third-order valence-electron chi connectivity index (χ3n) is 2.97. The highest BCUT2D eigenvalue weighted by Crippen LogP contribution is 2.31. The lowest BCUT2D eigenvalue weighted by molar-refractivity contribution is -0.0345. The molecule has 5 nitrogen and oxygen atoms in total. The summed E-state index contributed by atoms with van der Waals surface area (Å²) in [5.74, 6) is 0. The zero-order valence-corrected chi connectivity index (χ0v) is 13.2. The highest BCUT2D eigenvalue weighted by molar-refractivity contribution is 8.71. The number of nitrogens with zero attached hydrogens (tertiary/aromatic N) is 1. The molecule has 0 atom stereocenters. The van der Waals surface area contributed by atoms with Crippen molar-refractivity contribution in [3.63, 3.8) is 0 Å². The van der Waals surface area contributed by atoms with Crippen molar-refractivity contribution >= 4 is 19.8 Å². The van der Waals surface area contributed by atoms with Crippen LogP contribution in [0.15, 0.2) is 29.2 Å². The number of ether oxygens (including phenoxy) is 2. The molecule has 20 heavy (non-hydrogen) atoms. The standard InChI is InChI=1S/C13H19NO4S2/c1-11-3-5-13(6-4-11)20(15,16)19-14-9-12(10-14)18-8-7-17-2/h3-6,12H,7-10H2,1-2H3. The molecule has 1 aliphatic rings.